The van der Waals surface area contributed by atoms with Gasteiger partial charge in [-0.3, -0.25) is 0 Å². The first-order valence-electron chi connectivity index (χ1n) is 4.56. The van der Waals surface area contributed by atoms with Crippen molar-refractivity contribution in [2.24, 2.45) is 5.92 Å². The van der Waals surface area contributed by atoms with Crippen LogP contribution in [0, 0.1) is 5.92 Å². The average Bonchev–Trinajstić information content (AvgIpc) is 1.85. The van der Waals surface area contributed by atoms with E-state index >= 15 is 0 Å². The van der Waals surface area contributed by atoms with Crippen LogP contribution in [0.5, 0.6) is 0 Å². The summed E-state index contributed by atoms with van der Waals surface area (Å²) in [6, 6.07) is 0. The largest absolute Gasteiger partial charge is 0.118 e. The van der Waals surface area contributed by atoms with E-state index < -0.39 is 0 Å². The zero-order chi connectivity index (χ0) is 8.27. The summed E-state index contributed by atoms with van der Waals surface area (Å²) in [6.45, 7) is 4.52. The molecule has 0 spiro atoms. The molecule has 0 heterocycles. The Morgan fingerprint density at radius 1 is 1.64 bits per heavy atom. The smallest absolute Gasteiger partial charge is 0.0521 e. The van der Waals surface area contributed by atoms with Gasteiger partial charge in [-0.2, -0.15) is 0 Å². The molecule has 64 valence electrons. The van der Waals surface area contributed by atoms with Crippen LogP contribution >= 0.6 is 11.6 Å². The second-order valence-corrected chi connectivity index (χ2v) is 4.20. The lowest BCUT2D eigenvalue weighted by atomic mass is 9.88. The molecule has 0 aliphatic heterocycles. The maximum atomic E-state index is 6.07. The van der Waals surface area contributed by atoms with Crippen molar-refractivity contribution in [1.29, 1.82) is 0 Å². The molecule has 0 aromatic rings. The highest BCUT2D eigenvalue weighted by molar-refractivity contribution is 6.21. The monoisotopic (exact) mass is 172 g/mol. The molecule has 1 heteroatoms. The van der Waals surface area contributed by atoms with Crippen molar-refractivity contribution in [2.75, 3.05) is 0 Å². The quantitative estimate of drug-likeness (QED) is 0.440. The van der Waals surface area contributed by atoms with Crippen LogP contribution in [0.2, 0.25) is 0 Å². The summed E-state index contributed by atoms with van der Waals surface area (Å²) in [6.07, 6.45) is 7.19. The van der Waals surface area contributed by atoms with Gasteiger partial charge in [0.25, 0.3) is 0 Å². The molecule has 11 heavy (non-hydrogen) atoms. The molecule has 0 nitrogen and oxygen atoms in total. The Morgan fingerprint density at radius 3 is 2.91 bits per heavy atom. The van der Waals surface area contributed by atoms with Gasteiger partial charge in [0.05, 0.1) is 5.38 Å². The first kappa shape index (κ1) is 9.12. The van der Waals surface area contributed by atoms with E-state index in [1.54, 1.807) is 5.57 Å². The predicted octanol–water partition coefficient (Wildman–Crippen LogP) is 3.75. The first-order chi connectivity index (χ1) is 5.22. The van der Waals surface area contributed by atoms with Gasteiger partial charge in [0, 0.05) is 0 Å². The van der Waals surface area contributed by atoms with Gasteiger partial charge >= 0.3 is 0 Å². The normalized spacial score (nSPS) is 31.7. The highest BCUT2D eigenvalue weighted by atomic mass is 35.5. The molecule has 2 atom stereocenters. The van der Waals surface area contributed by atoms with Gasteiger partial charge in [0.1, 0.15) is 0 Å². The average molecular weight is 173 g/mol. The van der Waals surface area contributed by atoms with E-state index in [-0.39, 0.29) is 0 Å². The molecule has 0 bridgehead atoms. The van der Waals surface area contributed by atoms with Crippen LogP contribution in [0.3, 0.4) is 0 Å². The Kier molecular flexibility index (Phi) is 3.45. The summed E-state index contributed by atoms with van der Waals surface area (Å²) >= 11 is 6.07. The Hall–Kier alpha value is 0.0300. The third kappa shape index (κ3) is 2.86. The van der Waals surface area contributed by atoms with Crippen LogP contribution in [0.4, 0.5) is 0 Å². The standard InChI is InChI=1S/C10H17Cl/c1-3-4-9-5-8(2)6-10(11)7-9/h7-8,10H,3-6H2,1-2H3. The fourth-order valence-electron chi connectivity index (χ4n) is 1.81. The van der Waals surface area contributed by atoms with Gasteiger partial charge in [-0.1, -0.05) is 31.9 Å². The molecule has 0 saturated carbocycles. The molecule has 0 radical (unpaired) electrons. The molecule has 0 saturated heterocycles. The summed E-state index contributed by atoms with van der Waals surface area (Å²) in [5.74, 6) is 0.795. The molecular weight excluding hydrogens is 156 g/mol. The number of hydrogen-bond acceptors (Lipinski definition) is 0. The minimum absolute atomic E-state index is 0.306. The zero-order valence-electron chi connectivity index (χ0n) is 7.44. The lowest BCUT2D eigenvalue weighted by Gasteiger charge is -2.22. The Balaban J connectivity index is 2.49. The minimum Gasteiger partial charge on any atom is -0.118 e. The topological polar surface area (TPSA) is 0 Å². The summed E-state index contributed by atoms with van der Waals surface area (Å²) in [7, 11) is 0. The van der Waals surface area contributed by atoms with E-state index in [2.05, 4.69) is 19.9 Å². The van der Waals surface area contributed by atoms with Crippen molar-refractivity contribution in [2.45, 2.75) is 44.9 Å². The molecule has 0 N–H and O–H groups in total. The third-order valence-corrected chi connectivity index (χ3v) is 2.53. The van der Waals surface area contributed by atoms with Crippen LogP contribution in [-0.4, -0.2) is 5.38 Å². The van der Waals surface area contributed by atoms with Gasteiger partial charge in [0.15, 0.2) is 0 Å². The third-order valence-electron chi connectivity index (χ3n) is 2.23. The number of allylic oxidation sites excluding steroid dienone is 2. The lowest BCUT2D eigenvalue weighted by molar-refractivity contribution is 0.502. The summed E-state index contributed by atoms with van der Waals surface area (Å²) in [4.78, 5) is 0. The highest BCUT2D eigenvalue weighted by Gasteiger charge is 2.16. The van der Waals surface area contributed by atoms with Gasteiger partial charge in [-0.15, -0.1) is 11.6 Å². The van der Waals surface area contributed by atoms with Crippen molar-refractivity contribution >= 4 is 11.6 Å². The van der Waals surface area contributed by atoms with Crippen molar-refractivity contribution in [3.05, 3.63) is 11.6 Å². The van der Waals surface area contributed by atoms with Crippen LogP contribution in [0.1, 0.15) is 39.5 Å². The Bertz CT molecular complexity index is 149. The van der Waals surface area contributed by atoms with E-state index in [0.29, 0.717) is 5.38 Å². The second kappa shape index (κ2) is 4.15. The maximum absolute atomic E-state index is 6.07. The molecule has 0 aromatic carbocycles. The van der Waals surface area contributed by atoms with Crippen LogP contribution in [-0.2, 0) is 0 Å². The fraction of sp³-hybridized carbons (Fsp3) is 0.800. The SMILES string of the molecule is CCCC1=CC(Cl)CC(C)C1. The zero-order valence-corrected chi connectivity index (χ0v) is 8.19. The summed E-state index contributed by atoms with van der Waals surface area (Å²) in [5, 5.41) is 0.306. The number of alkyl halides is 1. The first-order valence-corrected chi connectivity index (χ1v) is 4.99. The molecule has 1 rings (SSSR count). The lowest BCUT2D eigenvalue weighted by Crippen LogP contribution is -2.11. The molecule has 0 aromatic heterocycles. The Labute approximate surface area is 74.6 Å². The van der Waals surface area contributed by atoms with E-state index in [9.17, 15) is 0 Å². The minimum atomic E-state index is 0.306. The van der Waals surface area contributed by atoms with Crippen LogP contribution < -0.4 is 0 Å². The van der Waals surface area contributed by atoms with Crippen molar-refractivity contribution in [1.82, 2.24) is 0 Å². The highest BCUT2D eigenvalue weighted by Crippen LogP contribution is 2.28. The second-order valence-electron chi connectivity index (χ2n) is 3.64. The molecule has 0 fully saturated rings. The summed E-state index contributed by atoms with van der Waals surface area (Å²) < 4.78 is 0. The van der Waals surface area contributed by atoms with Crippen molar-refractivity contribution < 1.29 is 0 Å². The van der Waals surface area contributed by atoms with Gasteiger partial charge in [-0.05, 0) is 25.2 Å². The van der Waals surface area contributed by atoms with E-state index in [0.717, 1.165) is 12.3 Å². The molecule has 1 aliphatic rings. The van der Waals surface area contributed by atoms with Crippen LogP contribution in [0.25, 0.3) is 0 Å². The van der Waals surface area contributed by atoms with Crippen LogP contribution in [0.15, 0.2) is 11.6 Å². The molecule has 1 aliphatic carbocycles. The number of halogens is 1. The van der Waals surface area contributed by atoms with E-state index in [1.807, 2.05) is 0 Å². The van der Waals surface area contributed by atoms with Crippen molar-refractivity contribution in [3.63, 3.8) is 0 Å². The molecule has 0 amide bonds. The number of rotatable bonds is 2. The van der Waals surface area contributed by atoms with E-state index in [1.165, 1.54) is 19.3 Å². The molecule has 2 unspecified atom stereocenters. The van der Waals surface area contributed by atoms with Gasteiger partial charge < -0.3 is 0 Å². The van der Waals surface area contributed by atoms with Gasteiger partial charge in [0.2, 0.25) is 0 Å². The summed E-state index contributed by atoms with van der Waals surface area (Å²) in [5.41, 5.74) is 1.58. The van der Waals surface area contributed by atoms with Crippen molar-refractivity contribution in [3.8, 4) is 0 Å². The van der Waals surface area contributed by atoms with E-state index in [4.69, 9.17) is 11.6 Å². The molecular formula is C10H17Cl. The maximum Gasteiger partial charge on any atom is 0.0521 e. The Morgan fingerprint density at radius 2 is 2.36 bits per heavy atom. The number of hydrogen-bond donors (Lipinski definition) is 0. The predicted molar refractivity (Wildman–Crippen MR) is 51.0 cm³/mol. The van der Waals surface area contributed by atoms with Gasteiger partial charge in [-0.25, -0.2) is 0 Å². The fourth-order valence-corrected chi connectivity index (χ4v) is 2.30.